The molecule has 0 radical (unpaired) electrons. The summed E-state index contributed by atoms with van der Waals surface area (Å²) in [4.78, 5) is 15.3. The van der Waals surface area contributed by atoms with Crippen molar-refractivity contribution in [2.24, 2.45) is 0 Å². The average Bonchev–Trinajstić information content (AvgIpc) is 2.80. The molecule has 6 heteroatoms. The molecule has 5 nitrogen and oxygen atoms in total. The Kier molecular flexibility index (Phi) is 3.47. The minimum Gasteiger partial charge on any atom is -0.362 e. The predicted octanol–water partition coefficient (Wildman–Crippen LogP) is 3.51. The minimum absolute atomic E-state index is 0.602. The van der Waals surface area contributed by atoms with E-state index in [0.717, 1.165) is 32.3 Å². The fourth-order valence-corrected chi connectivity index (χ4v) is 3.06. The first-order valence-corrected chi connectivity index (χ1v) is 7.50. The molecule has 0 atom stereocenters. The van der Waals surface area contributed by atoms with Crippen LogP contribution < -0.4 is 10.2 Å². The van der Waals surface area contributed by atoms with Crippen molar-refractivity contribution in [1.82, 2.24) is 15.0 Å². The van der Waals surface area contributed by atoms with E-state index in [0.29, 0.717) is 5.95 Å². The highest BCUT2D eigenvalue weighted by Crippen LogP contribution is 2.26. The van der Waals surface area contributed by atoms with Gasteiger partial charge in [-0.2, -0.15) is 4.98 Å². The van der Waals surface area contributed by atoms with Crippen LogP contribution in [0.3, 0.4) is 0 Å². The molecule has 0 amide bonds. The number of aryl methyl sites for hydroxylation is 2. The normalized spacial score (nSPS) is 10.9. The van der Waals surface area contributed by atoms with Crippen LogP contribution in [0.5, 0.6) is 0 Å². The summed E-state index contributed by atoms with van der Waals surface area (Å²) in [5.41, 5.74) is 3.06. The van der Waals surface area contributed by atoms with Crippen molar-refractivity contribution < 1.29 is 0 Å². The molecule has 0 aliphatic carbocycles. The number of anilines is 3. The largest absolute Gasteiger partial charge is 0.362 e. The van der Waals surface area contributed by atoms with Crippen LogP contribution in [0.25, 0.3) is 10.2 Å². The first-order valence-electron chi connectivity index (χ1n) is 6.68. The van der Waals surface area contributed by atoms with Crippen molar-refractivity contribution in [1.29, 1.82) is 0 Å². The van der Waals surface area contributed by atoms with E-state index in [1.807, 2.05) is 51.2 Å². The van der Waals surface area contributed by atoms with Crippen LogP contribution in [-0.4, -0.2) is 29.0 Å². The lowest BCUT2D eigenvalue weighted by atomic mass is 10.3. The highest BCUT2D eigenvalue weighted by Gasteiger charge is 2.07. The predicted molar refractivity (Wildman–Crippen MR) is 88.7 cm³/mol. The quantitative estimate of drug-likeness (QED) is 0.802. The lowest BCUT2D eigenvalue weighted by Crippen LogP contribution is -2.13. The number of rotatable bonds is 3. The fraction of sp³-hybridized carbons (Fsp3) is 0.267. The maximum Gasteiger partial charge on any atom is 0.229 e. The Hall–Kier alpha value is -2.21. The van der Waals surface area contributed by atoms with E-state index in [4.69, 9.17) is 0 Å². The van der Waals surface area contributed by atoms with Crippen LogP contribution in [0, 0.1) is 13.8 Å². The number of hydrogen-bond acceptors (Lipinski definition) is 6. The number of aromatic nitrogens is 3. The van der Waals surface area contributed by atoms with Gasteiger partial charge in [-0.05, 0) is 32.0 Å². The molecule has 0 aliphatic rings. The number of nitrogens with one attached hydrogen (secondary N) is 1. The van der Waals surface area contributed by atoms with Crippen molar-refractivity contribution in [3.8, 4) is 0 Å². The van der Waals surface area contributed by atoms with Gasteiger partial charge >= 0.3 is 0 Å². The lowest BCUT2D eigenvalue weighted by molar-refractivity contribution is 1.02. The Balaban J connectivity index is 1.92. The Morgan fingerprint density at radius 3 is 2.71 bits per heavy atom. The molecule has 2 heterocycles. The van der Waals surface area contributed by atoms with Crippen molar-refractivity contribution >= 4 is 39.0 Å². The van der Waals surface area contributed by atoms with E-state index in [1.165, 1.54) is 0 Å². The maximum absolute atomic E-state index is 4.54. The molecule has 2 aromatic heterocycles. The van der Waals surface area contributed by atoms with Gasteiger partial charge in [0.1, 0.15) is 5.82 Å². The molecule has 108 valence electrons. The van der Waals surface area contributed by atoms with E-state index in [1.54, 1.807) is 11.3 Å². The van der Waals surface area contributed by atoms with Gasteiger partial charge in [-0.1, -0.05) is 0 Å². The van der Waals surface area contributed by atoms with E-state index in [9.17, 15) is 0 Å². The summed E-state index contributed by atoms with van der Waals surface area (Å²) < 4.78 is 1.16. The molecule has 1 aromatic carbocycles. The zero-order chi connectivity index (χ0) is 15.0. The van der Waals surface area contributed by atoms with E-state index < -0.39 is 0 Å². The molecule has 0 saturated carbocycles. The van der Waals surface area contributed by atoms with Gasteiger partial charge in [0.2, 0.25) is 5.95 Å². The van der Waals surface area contributed by atoms with E-state index in [2.05, 4.69) is 26.3 Å². The second-order valence-electron chi connectivity index (χ2n) is 5.14. The summed E-state index contributed by atoms with van der Waals surface area (Å²) in [6, 6.07) is 6.10. The van der Waals surface area contributed by atoms with Crippen LogP contribution in [-0.2, 0) is 0 Å². The van der Waals surface area contributed by atoms with Crippen LogP contribution in [0.1, 0.15) is 10.6 Å². The molecular formula is C15H17N5S. The summed E-state index contributed by atoms with van der Waals surface area (Å²) in [5.74, 6) is 1.52. The molecule has 0 spiro atoms. The number of nitrogens with zero attached hydrogens (tertiary/aromatic N) is 4. The van der Waals surface area contributed by atoms with Crippen LogP contribution in [0.15, 0.2) is 24.4 Å². The first kappa shape index (κ1) is 13.8. The Bertz CT molecular complexity index is 794. The van der Waals surface area contributed by atoms with Gasteiger partial charge in [0.25, 0.3) is 0 Å². The van der Waals surface area contributed by atoms with Gasteiger partial charge in [-0.25, -0.2) is 9.97 Å². The highest BCUT2D eigenvalue weighted by atomic mass is 32.1. The van der Waals surface area contributed by atoms with Gasteiger partial charge in [0.15, 0.2) is 0 Å². The third kappa shape index (κ3) is 2.80. The number of benzene rings is 1. The fourth-order valence-electron chi connectivity index (χ4n) is 2.19. The number of fused-ring (bicyclic) bond motifs is 1. The molecular weight excluding hydrogens is 282 g/mol. The molecule has 0 saturated heterocycles. The summed E-state index contributed by atoms with van der Waals surface area (Å²) in [7, 11) is 3.95. The minimum atomic E-state index is 0.602. The zero-order valence-corrected chi connectivity index (χ0v) is 13.3. The third-order valence-electron chi connectivity index (χ3n) is 3.12. The smallest absolute Gasteiger partial charge is 0.229 e. The molecule has 1 N–H and O–H groups in total. The van der Waals surface area contributed by atoms with Gasteiger partial charge in [0.05, 0.1) is 15.2 Å². The molecule has 3 aromatic rings. The monoisotopic (exact) mass is 299 g/mol. The van der Waals surface area contributed by atoms with Gasteiger partial charge < -0.3 is 10.2 Å². The summed E-state index contributed by atoms with van der Waals surface area (Å²) in [6.45, 7) is 4.02. The van der Waals surface area contributed by atoms with Crippen LogP contribution >= 0.6 is 11.3 Å². The second-order valence-corrected chi connectivity index (χ2v) is 6.37. The Morgan fingerprint density at radius 2 is 1.95 bits per heavy atom. The first-order chi connectivity index (χ1) is 10.0. The van der Waals surface area contributed by atoms with Gasteiger partial charge in [0, 0.05) is 31.5 Å². The van der Waals surface area contributed by atoms with Gasteiger partial charge in [-0.3, -0.25) is 0 Å². The van der Waals surface area contributed by atoms with Crippen molar-refractivity contribution in [2.45, 2.75) is 13.8 Å². The molecule has 0 fully saturated rings. The molecule has 0 unspecified atom stereocenters. The van der Waals surface area contributed by atoms with Crippen LogP contribution in [0.4, 0.5) is 17.5 Å². The maximum atomic E-state index is 4.54. The summed E-state index contributed by atoms with van der Waals surface area (Å²) in [6.07, 6.45) is 1.83. The van der Waals surface area contributed by atoms with E-state index >= 15 is 0 Å². The van der Waals surface area contributed by atoms with Crippen molar-refractivity contribution in [3.05, 3.63) is 35.0 Å². The standard InChI is InChI=1S/C15H17N5S/c1-9-8-16-15(19-14(9)20(3)4)18-11-5-6-12-13(7-11)21-10(2)17-12/h5-8H,1-4H3,(H,16,18,19). The lowest BCUT2D eigenvalue weighted by Gasteiger charge is -2.15. The number of thiazole rings is 1. The summed E-state index contributed by atoms with van der Waals surface area (Å²) in [5, 5.41) is 4.33. The Labute approximate surface area is 127 Å². The summed E-state index contributed by atoms with van der Waals surface area (Å²) >= 11 is 1.69. The average molecular weight is 299 g/mol. The Morgan fingerprint density at radius 1 is 1.14 bits per heavy atom. The van der Waals surface area contributed by atoms with Crippen LogP contribution in [0.2, 0.25) is 0 Å². The topological polar surface area (TPSA) is 53.9 Å². The van der Waals surface area contributed by atoms with Gasteiger partial charge in [-0.15, -0.1) is 11.3 Å². The molecule has 3 rings (SSSR count). The SMILES string of the molecule is Cc1nc2ccc(Nc3ncc(C)c(N(C)C)n3)cc2s1. The molecule has 0 bridgehead atoms. The molecule has 0 aliphatic heterocycles. The van der Waals surface area contributed by atoms with Crippen molar-refractivity contribution in [3.63, 3.8) is 0 Å². The highest BCUT2D eigenvalue weighted by molar-refractivity contribution is 7.18. The molecule has 21 heavy (non-hydrogen) atoms. The third-order valence-corrected chi connectivity index (χ3v) is 4.05. The second kappa shape index (κ2) is 5.29. The van der Waals surface area contributed by atoms with Crippen molar-refractivity contribution in [2.75, 3.05) is 24.3 Å². The number of hydrogen-bond donors (Lipinski definition) is 1. The van der Waals surface area contributed by atoms with E-state index in [-0.39, 0.29) is 0 Å². The zero-order valence-electron chi connectivity index (χ0n) is 12.5.